The van der Waals surface area contributed by atoms with Crippen LogP contribution in [0.3, 0.4) is 0 Å². The number of carbonyl (C=O) groups is 2. The molecule has 28 heavy (non-hydrogen) atoms. The van der Waals surface area contributed by atoms with Gasteiger partial charge in [-0.05, 0) is 49.3 Å². The third-order valence-corrected chi connectivity index (χ3v) is 6.20. The molecule has 1 heterocycles. The monoisotopic (exact) mass is 386 g/mol. The molecule has 1 aliphatic heterocycles. The highest BCUT2D eigenvalue weighted by Gasteiger charge is 2.39. The fraction of sp³-hybridized carbons (Fsp3) is 0.652. The molecule has 1 aliphatic carbocycles. The smallest absolute Gasteiger partial charge is 0.243 e. The molecule has 1 saturated heterocycles. The fourth-order valence-electron chi connectivity index (χ4n) is 4.65. The summed E-state index contributed by atoms with van der Waals surface area (Å²) in [6.45, 7) is 4.81. The van der Waals surface area contributed by atoms with Gasteiger partial charge in [-0.1, -0.05) is 45.2 Å². The maximum Gasteiger partial charge on any atom is 0.243 e. The summed E-state index contributed by atoms with van der Waals surface area (Å²) in [6, 6.07) is 7.68. The highest BCUT2D eigenvalue weighted by molar-refractivity contribution is 5.91. The van der Waals surface area contributed by atoms with Crippen molar-refractivity contribution in [3.8, 4) is 5.75 Å². The predicted molar refractivity (Wildman–Crippen MR) is 110 cm³/mol. The quantitative estimate of drug-likeness (QED) is 0.807. The number of amides is 2. The summed E-state index contributed by atoms with van der Waals surface area (Å²) in [5.74, 6) is 0.804. The first-order chi connectivity index (χ1) is 13.5. The molecule has 5 nitrogen and oxygen atoms in total. The van der Waals surface area contributed by atoms with Crippen LogP contribution in [0.5, 0.6) is 5.75 Å². The largest absolute Gasteiger partial charge is 0.497 e. The van der Waals surface area contributed by atoms with Crippen LogP contribution in [0.4, 0.5) is 0 Å². The molecule has 0 radical (unpaired) electrons. The normalized spacial score (nSPS) is 21.6. The molecule has 2 amide bonds. The molecular formula is C23H34N2O3. The van der Waals surface area contributed by atoms with E-state index in [1.54, 1.807) is 7.11 Å². The molecule has 1 unspecified atom stereocenters. The lowest BCUT2D eigenvalue weighted by atomic mass is 9.87. The van der Waals surface area contributed by atoms with E-state index < -0.39 is 0 Å². The molecule has 3 rings (SSSR count). The second kappa shape index (κ2) is 9.44. The summed E-state index contributed by atoms with van der Waals surface area (Å²) in [6.07, 6.45) is 7.41. The van der Waals surface area contributed by atoms with Crippen LogP contribution in [0, 0.1) is 5.92 Å². The Morgan fingerprint density at radius 1 is 1.04 bits per heavy atom. The molecule has 1 N–H and O–H groups in total. The number of methoxy groups -OCH3 is 1. The first-order valence-electron chi connectivity index (χ1n) is 10.8. The van der Waals surface area contributed by atoms with Crippen molar-refractivity contribution in [1.29, 1.82) is 0 Å². The van der Waals surface area contributed by atoms with Crippen LogP contribution in [0.1, 0.15) is 70.3 Å². The van der Waals surface area contributed by atoms with Gasteiger partial charge in [0.15, 0.2) is 0 Å². The van der Waals surface area contributed by atoms with E-state index in [1.807, 2.05) is 29.2 Å². The fourth-order valence-corrected chi connectivity index (χ4v) is 4.65. The summed E-state index contributed by atoms with van der Waals surface area (Å²) in [5, 5.41) is 3.22. The highest BCUT2D eigenvalue weighted by atomic mass is 16.5. The van der Waals surface area contributed by atoms with Gasteiger partial charge < -0.3 is 15.0 Å². The minimum atomic E-state index is -0.325. The zero-order valence-corrected chi connectivity index (χ0v) is 17.4. The molecule has 0 spiro atoms. The van der Waals surface area contributed by atoms with E-state index in [0.29, 0.717) is 6.54 Å². The lowest BCUT2D eigenvalue weighted by Gasteiger charge is -2.32. The number of nitrogens with zero attached hydrogens (tertiary/aromatic N) is 1. The number of nitrogens with one attached hydrogen (secondary N) is 1. The van der Waals surface area contributed by atoms with Gasteiger partial charge in [0.25, 0.3) is 0 Å². The number of carbonyl (C=O) groups excluding carboxylic acids is 2. The van der Waals surface area contributed by atoms with E-state index in [0.717, 1.165) is 37.0 Å². The number of likely N-dealkylation sites (tertiary alicyclic amines) is 1. The molecule has 1 saturated carbocycles. The minimum absolute atomic E-state index is 0.0370. The van der Waals surface area contributed by atoms with Crippen molar-refractivity contribution >= 4 is 11.8 Å². The Kier molecular flexibility index (Phi) is 6.97. The lowest BCUT2D eigenvalue weighted by Crippen LogP contribution is -2.50. The van der Waals surface area contributed by atoms with Crippen LogP contribution >= 0.6 is 0 Å². The minimum Gasteiger partial charge on any atom is -0.497 e. The van der Waals surface area contributed by atoms with E-state index in [2.05, 4.69) is 19.2 Å². The Morgan fingerprint density at radius 2 is 1.71 bits per heavy atom. The molecule has 1 aromatic carbocycles. The molecule has 154 valence electrons. The first-order valence-corrected chi connectivity index (χ1v) is 10.8. The molecule has 0 bridgehead atoms. The van der Waals surface area contributed by atoms with Crippen molar-refractivity contribution in [2.45, 2.75) is 76.8 Å². The predicted octanol–water partition coefficient (Wildman–Crippen LogP) is 3.87. The zero-order chi connectivity index (χ0) is 20.1. The van der Waals surface area contributed by atoms with Crippen molar-refractivity contribution in [3.63, 3.8) is 0 Å². The molecule has 5 heteroatoms. The number of hydrogen-bond donors (Lipinski definition) is 1. The maximum atomic E-state index is 13.5. The topological polar surface area (TPSA) is 58.6 Å². The van der Waals surface area contributed by atoms with E-state index >= 15 is 0 Å². The van der Waals surface area contributed by atoms with Gasteiger partial charge in [0.05, 0.1) is 13.0 Å². The van der Waals surface area contributed by atoms with Gasteiger partial charge >= 0.3 is 0 Å². The van der Waals surface area contributed by atoms with Gasteiger partial charge in [-0.15, -0.1) is 0 Å². The third kappa shape index (κ3) is 4.68. The summed E-state index contributed by atoms with van der Waals surface area (Å²) < 4.78 is 5.24. The number of benzene rings is 1. The number of hydrogen-bond acceptors (Lipinski definition) is 3. The standard InChI is InChI=1S/C23H34N2O3/c1-16(2)21(17-11-13-19(28-3)14-12-17)23(27)25-15-7-10-20(25)22(26)24-18-8-5-4-6-9-18/h11-14,16,18,20-21H,4-10,15H2,1-3H3,(H,24,26)/t20-,21?/m0/s1. The van der Waals surface area contributed by atoms with Crippen LogP contribution in [0.2, 0.25) is 0 Å². The SMILES string of the molecule is COc1ccc(C(C(=O)N2CCC[C@H]2C(=O)NC2CCCCC2)C(C)C)cc1. The van der Waals surface area contributed by atoms with Gasteiger partial charge in [-0.2, -0.15) is 0 Å². The van der Waals surface area contributed by atoms with Gasteiger partial charge in [0, 0.05) is 12.6 Å². The van der Waals surface area contributed by atoms with Gasteiger partial charge in [-0.3, -0.25) is 9.59 Å². The summed E-state index contributed by atoms with van der Waals surface area (Å²) >= 11 is 0. The Labute approximate surface area is 168 Å². The second-order valence-corrected chi connectivity index (χ2v) is 8.53. The van der Waals surface area contributed by atoms with E-state index in [4.69, 9.17) is 4.74 Å². The molecule has 0 aromatic heterocycles. The van der Waals surface area contributed by atoms with Crippen LogP contribution in [0.15, 0.2) is 24.3 Å². The molecular weight excluding hydrogens is 352 g/mol. The van der Waals surface area contributed by atoms with E-state index in [-0.39, 0.29) is 35.7 Å². The van der Waals surface area contributed by atoms with Crippen molar-refractivity contribution in [2.24, 2.45) is 5.92 Å². The van der Waals surface area contributed by atoms with Crippen molar-refractivity contribution < 1.29 is 14.3 Å². The summed E-state index contributed by atoms with van der Waals surface area (Å²) in [7, 11) is 1.64. The highest BCUT2D eigenvalue weighted by Crippen LogP contribution is 2.31. The van der Waals surface area contributed by atoms with Gasteiger partial charge in [0.1, 0.15) is 11.8 Å². The average molecular weight is 387 g/mol. The lowest BCUT2D eigenvalue weighted by molar-refractivity contribution is -0.140. The zero-order valence-electron chi connectivity index (χ0n) is 17.4. The average Bonchev–Trinajstić information content (AvgIpc) is 3.19. The number of rotatable bonds is 6. The van der Waals surface area contributed by atoms with Crippen molar-refractivity contribution in [1.82, 2.24) is 10.2 Å². The third-order valence-electron chi connectivity index (χ3n) is 6.20. The maximum absolute atomic E-state index is 13.5. The van der Waals surface area contributed by atoms with Crippen molar-refractivity contribution in [2.75, 3.05) is 13.7 Å². The molecule has 2 aliphatic rings. The summed E-state index contributed by atoms with van der Waals surface area (Å²) in [5.41, 5.74) is 0.985. The Hall–Kier alpha value is -2.04. The molecule has 1 aromatic rings. The van der Waals surface area contributed by atoms with Crippen LogP contribution in [0.25, 0.3) is 0 Å². The van der Waals surface area contributed by atoms with Crippen LogP contribution < -0.4 is 10.1 Å². The Bertz CT molecular complexity index is 665. The van der Waals surface area contributed by atoms with Gasteiger partial charge in [0.2, 0.25) is 11.8 Å². The molecule has 2 fully saturated rings. The number of ether oxygens (including phenoxy) is 1. The Balaban J connectivity index is 1.72. The molecule has 2 atom stereocenters. The Morgan fingerprint density at radius 3 is 2.32 bits per heavy atom. The van der Waals surface area contributed by atoms with Crippen LogP contribution in [-0.4, -0.2) is 42.5 Å². The summed E-state index contributed by atoms with van der Waals surface area (Å²) in [4.78, 5) is 28.2. The second-order valence-electron chi connectivity index (χ2n) is 8.53. The van der Waals surface area contributed by atoms with Crippen LogP contribution in [-0.2, 0) is 9.59 Å². The van der Waals surface area contributed by atoms with Crippen molar-refractivity contribution in [3.05, 3.63) is 29.8 Å². The first kappa shape index (κ1) is 20.7. The van der Waals surface area contributed by atoms with E-state index in [9.17, 15) is 9.59 Å². The van der Waals surface area contributed by atoms with E-state index in [1.165, 1.54) is 19.3 Å². The van der Waals surface area contributed by atoms with Gasteiger partial charge in [-0.25, -0.2) is 0 Å².